The van der Waals surface area contributed by atoms with Crippen LogP contribution in [-0.2, 0) is 0 Å². The van der Waals surface area contributed by atoms with Gasteiger partial charge in [0, 0.05) is 54.5 Å². The van der Waals surface area contributed by atoms with Gasteiger partial charge in [-0.25, -0.2) is 0 Å². The van der Waals surface area contributed by atoms with Gasteiger partial charge in [0.05, 0.1) is 22.1 Å². The van der Waals surface area contributed by atoms with Gasteiger partial charge in [0.15, 0.2) is 8.07 Å². The van der Waals surface area contributed by atoms with Crippen molar-refractivity contribution < 1.29 is 8.83 Å². The first-order valence-corrected chi connectivity index (χ1v) is 26.3. The van der Waals surface area contributed by atoms with Crippen LogP contribution in [0.3, 0.4) is 0 Å². The highest BCUT2D eigenvalue weighted by Crippen LogP contribution is 2.38. The number of hydrogen-bond donors (Lipinski definition) is 0. The summed E-state index contributed by atoms with van der Waals surface area (Å²) in [6.45, 7) is 0. The molecule has 0 N–H and O–H groups in total. The average Bonchev–Trinajstić information content (AvgIpc) is 4.20. The second-order valence-electron chi connectivity index (χ2n) is 18.7. The highest BCUT2D eigenvalue weighted by molar-refractivity contribution is 7.21. The molecule has 0 spiro atoms. The van der Waals surface area contributed by atoms with Crippen molar-refractivity contribution >= 4 is 116 Å². The zero-order valence-electron chi connectivity index (χ0n) is 38.5. The number of aromatic nitrogens is 2. The van der Waals surface area contributed by atoms with E-state index in [4.69, 9.17) is 8.83 Å². The van der Waals surface area contributed by atoms with Crippen LogP contribution >= 0.6 is 0 Å². The predicted octanol–water partition coefficient (Wildman–Crippen LogP) is 14.7. The lowest BCUT2D eigenvalue weighted by molar-refractivity contribution is 0.670. The lowest BCUT2D eigenvalue weighted by atomic mass is 10.0. The molecule has 0 fully saturated rings. The molecule has 0 atom stereocenters. The molecule has 5 heteroatoms. The Balaban J connectivity index is 0.922. The Morgan fingerprint density at radius 1 is 0.268 bits per heavy atom. The van der Waals surface area contributed by atoms with Gasteiger partial charge in [-0.05, 0) is 98.6 Å². The van der Waals surface area contributed by atoms with Crippen molar-refractivity contribution in [1.29, 1.82) is 0 Å². The van der Waals surface area contributed by atoms with Crippen LogP contribution in [0.15, 0.2) is 264 Å². The number of hydrogen-bond acceptors (Lipinski definition) is 2. The Bertz CT molecular complexity index is 4430. The molecule has 0 amide bonds. The summed E-state index contributed by atoms with van der Waals surface area (Å²) < 4.78 is 19.1. The SMILES string of the molecule is c1ccc([Si](c2ccccc2)(c2cccc3c2oc2ccc(-c4ccc(-n5c6ccccc6c6ccccc65)cc4)cc23)c2cccc3c2oc2ccc(-n4c5ccccc5c5ccccc54)cc23)cc1. The summed E-state index contributed by atoms with van der Waals surface area (Å²) in [5.74, 6) is 0. The molecule has 4 heterocycles. The maximum atomic E-state index is 7.20. The lowest BCUT2D eigenvalue weighted by Gasteiger charge is -2.34. The van der Waals surface area contributed by atoms with E-state index in [9.17, 15) is 0 Å². The third kappa shape index (κ3) is 5.78. The van der Waals surface area contributed by atoms with Gasteiger partial charge >= 0.3 is 0 Å². The van der Waals surface area contributed by atoms with E-state index in [-0.39, 0.29) is 0 Å². The molecule has 0 aliphatic carbocycles. The highest BCUT2D eigenvalue weighted by Gasteiger charge is 2.45. The van der Waals surface area contributed by atoms with Gasteiger partial charge in [-0.2, -0.15) is 0 Å². The fraction of sp³-hybridized carbons (Fsp3) is 0. The molecule has 71 heavy (non-hydrogen) atoms. The van der Waals surface area contributed by atoms with E-state index >= 15 is 0 Å². The molecule has 0 aliphatic heterocycles. The summed E-state index contributed by atoms with van der Waals surface area (Å²) >= 11 is 0. The van der Waals surface area contributed by atoms with Gasteiger partial charge in [0.25, 0.3) is 0 Å². The van der Waals surface area contributed by atoms with E-state index in [1.165, 1.54) is 64.4 Å². The minimum absolute atomic E-state index is 0.860. The number of nitrogens with zero attached hydrogens (tertiary/aromatic N) is 2. The van der Waals surface area contributed by atoms with Gasteiger partial charge in [-0.3, -0.25) is 0 Å². The first-order valence-electron chi connectivity index (χ1n) is 24.3. The summed E-state index contributed by atoms with van der Waals surface area (Å²) in [6, 6.07) is 92.7. The molecule has 4 nitrogen and oxygen atoms in total. The second kappa shape index (κ2) is 15.4. The Hall–Kier alpha value is -9.16. The molecule has 0 radical (unpaired) electrons. The molecule has 15 aromatic rings. The number of rotatable bonds is 7. The van der Waals surface area contributed by atoms with Crippen LogP contribution in [0, 0.1) is 0 Å². The zero-order chi connectivity index (χ0) is 46.6. The van der Waals surface area contributed by atoms with Crippen LogP contribution in [0.5, 0.6) is 0 Å². The lowest BCUT2D eigenvalue weighted by Crippen LogP contribution is -2.75. The van der Waals surface area contributed by atoms with Crippen molar-refractivity contribution in [3.8, 4) is 22.5 Å². The Morgan fingerprint density at radius 3 is 1.14 bits per heavy atom. The summed E-state index contributed by atoms with van der Waals surface area (Å²) in [6.07, 6.45) is 0. The van der Waals surface area contributed by atoms with E-state index in [2.05, 4.69) is 264 Å². The first-order chi connectivity index (χ1) is 35.2. The van der Waals surface area contributed by atoms with Crippen LogP contribution in [0.4, 0.5) is 0 Å². The number of benzene rings is 11. The van der Waals surface area contributed by atoms with Gasteiger partial charge in [0.1, 0.15) is 22.3 Å². The Morgan fingerprint density at radius 2 is 0.648 bits per heavy atom. The van der Waals surface area contributed by atoms with Gasteiger partial charge in [-0.15, -0.1) is 0 Å². The molecule has 11 aromatic carbocycles. The fourth-order valence-corrected chi connectivity index (χ4v) is 17.0. The largest absolute Gasteiger partial charge is 0.456 e. The Kier molecular flexibility index (Phi) is 8.64. The normalized spacial score (nSPS) is 12.2. The van der Waals surface area contributed by atoms with Crippen LogP contribution in [0.2, 0.25) is 0 Å². The van der Waals surface area contributed by atoms with Crippen molar-refractivity contribution in [3.05, 3.63) is 255 Å². The minimum Gasteiger partial charge on any atom is -0.456 e. The number of fused-ring (bicyclic) bond motifs is 12. The molecule has 0 saturated carbocycles. The first kappa shape index (κ1) is 39.8. The number of para-hydroxylation sites is 6. The van der Waals surface area contributed by atoms with Gasteiger partial charge in [-0.1, -0.05) is 188 Å². The van der Waals surface area contributed by atoms with E-state index in [1.807, 2.05) is 0 Å². The van der Waals surface area contributed by atoms with Crippen molar-refractivity contribution in [3.63, 3.8) is 0 Å². The molecule has 0 bridgehead atoms. The molecule has 4 aromatic heterocycles. The van der Waals surface area contributed by atoms with Gasteiger partial charge in [0.2, 0.25) is 0 Å². The average molecular weight is 923 g/mol. The summed E-state index contributed by atoms with van der Waals surface area (Å²) in [5, 5.41) is 14.2. The van der Waals surface area contributed by atoms with E-state index in [1.54, 1.807) is 0 Å². The van der Waals surface area contributed by atoms with Crippen LogP contribution in [-0.4, -0.2) is 17.2 Å². The summed E-state index contributed by atoms with van der Waals surface area (Å²) in [5.41, 5.74) is 12.8. The maximum Gasteiger partial charge on any atom is 0.188 e. The molecular formula is C66H42N2O2Si. The molecule has 15 rings (SSSR count). The van der Waals surface area contributed by atoms with E-state index in [0.29, 0.717) is 0 Å². The third-order valence-electron chi connectivity index (χ3n) is 15.1. The van der Waals surface area contributed by atoms with Crippen molar-refractivity contribution in [2.45, 2.75) is 0 Å². The molecule has 0 saturated heterocycles. The summed E-state index contributed by atoms with van der Waals surface area (Å²) in [7, 11) is -3.24. The topological polar surface area (TPSA) is 36.1 Å². The van der Waals surface area contributed by atoms with Gasteiger partial charge < -0.3 is 18.0 Å². The van der Waals surface area contributed by atoms with Crippen LogP contribution in [0.25, 0.3) is 110 Å². The van der Waals surface area contributed by atoms with Crippen LogP contribution in [0.1, 0.15) is 0 Å². The molecule has 0 aliphatic rings. The predicted molar refractivity (Wildman–Crippen MR) is 299 cm³/mol. The van der Waals surface area contributed by atoms with E-state index in [0.717, 1.165) is 66.4 Å². The third-order valence-corrected chi connectivity index (χ3v) is 19.9. The maximum absolute atomic E-state index is 7.20. The number of furan rings is 2. The second-order valence-corrected chi connectivity index (χ2v) is 22.5. The monoisotopic (exact) mass is 922 g/mol. The van der Waals surface area contributed by atoms with E-state index < -0.39 is 8.07 Å². The quantitative estimate of drug-likeness (QED) is 0.118. The van der Waals surface area contributed by atoms with Crippen molar-refractivity contribution in [1.82, 2.24) is 9.13 Å². The minimum atomic E-state index is -3.24. The molecule has 0 unspecified atom stereocenters. The highest BCUT2D eigenvalue weighted by atomic mass is 28.3. The standard InChI is InChI=1S/C66H42N2O2Si/c1-3-17-47(18-4-1)71(48-19-5-2-6-20-48,64-32-16-26-54-56-42-46(38-40-62(56)70-66(54)64)68-59-29-13-9-23-51(59)52-24-10-14-30-60(52)68)63-31-15-25-53-55-41-44(35-39-61(55)69-65(53)63)43-33-36-45(37-34-43)67-57-27-11-7-21-49(57)50-22-8-12-28-58(50)67/h1-42H. The smallest absolute Gasteiger partial charge is 0.188 e. The zero-order valence-corrected chi connectivity index (χ0v) is 39.5. The van der Waals surface area contributed by atoms with Crippen molar-refractivity contribution in [2.75, 3.05) is 0 Å². The van der Waals surface area contributed by atoms with Crippen molar-refractivity contribution in [2.24, 2.45) is 0 Å². The Labute approximate surface area is 409 Å². The van der Waals surface area contributed by atoms with Crippen LogP contribution < -0.4 is 20.7 Å². The molecular weight excluding hydrogens is 881 g/mol. The fourth-order valence-electron chi connectivity index (χ4n) is 12.0. The molecule has 332 valence electrons. The summed E-state index contributed by atoms with van der Waals surface area (Å²) in [4.78, 5) is 0.